The first-order valence-corrected chi connectivity index (χ1v) is 8.64. The van der Waals surface area contributed by atoms with E-state index in [4.69, 9.17) is 10.3 Å². The molecule has 0 fully saturated rings. The zero-order valence-electron chi connectivity index (χ0n) is 15.1. The number of nitrogens with two attached hydrogens (primary N) is 1. The van der Waals surface area contributed by atoms with Gasteiger partial charge in [0.2, 0.25) is 17.6 Å². The summed E-state index contributed by atoms with van der Waals surface area (Å²) in [6.07, 6.45) is 4.19. The lowest BCUT2D eigenvalue weighted by atomic mass is 9.99. The number of aromatic nitrogens is 3. The van der Waals surface area contributed by atoms with E-state index in [0.717, 1.165) is 29.8 Å². The summed E-state index contributed by atoms with van der Waals surface area (Å²) in [5, 5.41) is 3.93. The molecule has 0 unspecified atom stereocenters. The molecule has 3 aromatic rings. The predicted molar refractivity (Wildman–Crippen MR) is 112 cm³/mol. The normalized spacial score (nSPS) is 12.5. The Bertz CT molecular complexity index is 933. The van der Waals surface area contributed by atoms with E-state index in [1.165, 1.54) is 0 Å². The number of amides is 1. The summed E-state index contributed by atoms with van der Waals surface area (Å²) < 4.78 is 5.25. The van der Waals surface area contributed by atoms with Crippen LogP contribution in [0.15, 0.2) is 47.1 Å². The Hall–Kier alpha value is -2.64. The molecule has 3 heterocycles. The fraction of sp³-hybridized carbons (Fsp3) is 0.263. The van der Waals surface area contributed by atoms with Crippen LogP contribution in [0.3, 0.4) is 0 Å². The van der Waals surface area contributed by atoms with Crippen molar-refractivity contribution >= 4 is 42.1 Å². The molecule has 1 aliphatic rings. The first-order chi connectivity index (χ1) is 12.7. The summed E-state index contributed by atoms with van der Waals surface area (Å²) in [6.45, 7) is 0.707. The van der Waals surface area contributed by atoms with Crippen molar-refractivity contribution in [3.05, 3.63) is 54.0 Å². The van der Waals surface area contributed by atoms with Gasteiger partial charge in [-0.3, -0.25) is 9.78 Å². The summed E-state index contributed by atoms with van der Waals surface area (Å²) in [6, 6.07) is 11.2. The van der Waals surface area contributed by atoms with Crippen molar-refractivity contribution in [3.8, 4) is 11.5 Å². The van der Waals surface area contributed by atoms with Crippen LogP contribution in [0.2, 0.25) is 0 Å². The van der Waals surface area contributed by atoms with Gasteiger partial charge in [-0.25, -0.2) is 0 Å². The van der Waals surface area contributed by atoms with Gasteiger partial charge in [-0.1, -0.05) is 17.3 Å². The van der Waals surface area contributed by atoms with E-state index in [0.29, 0.717) is 36.8 Å². The summed E-state index contributed by atoms with van der Waals surface area (Å²) in [5.41, 5.74) is 9.42. The number of fused-ring (bicyclic) bond motifs is 1. The Morgan fingerprint density at radius 1 is 1.18 bits per heavy atom. The summed E-state index contributed by atoms with van der Waals surface area (Å²) in [7, 11) is 0. The number of pyridine rings is 1. The van der Waals surface area contributed by atoms with Gasteiger partial charge in [-0.05, 0) is 42.7 Å². The number of carbonyl (C=O) groups excluding carboxylic acids is 1. The maximum Gasteiger partial charge on any atom is 0.227 e. The third kappa shape index (κ3) is 4.43. The van der Waals surface area contributed by atoms with Crippen molar-refractivity contribution in [2.45, 2.75) is 25.7 Å². The van der Waals surface area contributed by atoms with Gasteiger partial charge in [-0.15, -0.1) is 24.8 Å². The molecule has 7 nitrogen and oxygen atoms in total. The highest BCUT2D eigenvalue weighted by atomic mass is 35.5. The number of hydrogen-bond acceptors (Lipinski definition) is 6. The van der Waals surface area contributed by atoms with E-state index in [1.807, 2.05) is 41.3 Å². The first-order valence-electron chi connectivity index (χ1n) is 8.64. The van der Waals surface area contributed by atoms with Crippen LogP contribution in [-0.4, -0.2) is 27.6 Å². The van der Waals surface area contributed by atoms with E-state index < -0.39 is 0 Å². The van der Waals surface area contributed by atoms with Crippen molar-refractivity contribution in [2.75, 3.05) is 17.2 Å². The predicted octanol–water partition coefficient (Wildman–Crippen LogP) is 3.47. The summed E-state index contributed by atoms with van der Waals surface area (Å²) >= 11 is 0. The molecule has 0 aliphatic carbocycles. The minimum Gasteiger partial charge on any atom is -0.398 e. The highest BCUT2D eigenvalue weighted by Gasteiger charge is 2.24. The molecule has 0 spiro atoms. The monoisotopic (exact) mass is 421 g/mol. The standard InChI is InChI=1S/C19H19N5O2.2ClH/c20-14-6-3-8-16-13(14)5-4-12-24(16)18(25)10-9-17-22-19(23-26-17)15-7-1-2-11-21-15;;/h1-3,6-8,11H,4-5,9-10,12,20H2;2*1H. The molecule has 0 bridgehead atoms. The van der Waals surface area contributed by atoms with E-state index in [1.54, 1.807) is 6.20 Å². The maximum absolute atomic E-state index is 12.7. The third-order valence-electron chi connectivity index (χ3n) is 4.50. The van der Waals surface area contributed by atoms with Gasteiger partial charge in [0, 0.05) is 37.0 Å². The first kappa shape index (κ1) is 21.7. The number of hydrogen-bond donors (Lipinski definition) is 1. The molecule has 2 N–H and O–H groups in total. The zero-order valence-corrected chi connectivity index (χ0v) is 16.7. The molecule has 2 aromatic heterocycles. The Balaban J connectivity index is 0.00000140. The summed E-state index contributed by atoms with van der Waals surface area (Å²) in [5.74, 6) is 0.905. The molecule has 0 radical (unpaired) electrons. The van der Waals surface area contributed by atoms with Crippen molar-refractivity contribution in [1.29, 1.82) is 0 Å². The number of carbonyl (C=O) groups is 1. The fourth-order valence-corrected chi connectivity index (χ4v) is 3.22. The second-order valence-corrected chi connectivity index (χ2v) is 6.22. The minimum absolute atomic E-state index is 0. The van der Waals surface area contributed by atoms with Crippen LogP contribution in [0.4, 0.5) is 11.4 Å². The van der Waals surface area contributed by atoms with Crippen LogP contribution in [0.5, 0.6) is 0 Å². The lowest BCUT2D eigenvalue weighted by Crippen LogP contribution is -2.35. The lowest BCUT2D eigenvalue weighted by molar-refractivity contribution is -0.118. The number of nitrogen functional groups attached to an aromatic ring is 1. The van der Waals surface area contributed by atoms with E-state index in [2.05, 4.69) is 15.1 Å². The topological polar surface area (TPSA) is 98.1 Å². The Labute approximate surface area is 175 Å². The van der Waals surface area contributed by atoms with Gasteiger partial charge in [0.05, 0.1) is 0 Å². The van der Waals surface area contributed by atoms with Crippen LogP contribution < -0.4 is 10.6 Å². The molecular formula is C19H21Cl2N5O2. The molecule has 4 rings (SSSR count). The van der Waals surface area contributed by atoms with Crippen molar-refractivity contribution < 1.29 is 9.32 Å². The van der Waals surface area contributed by atoms with Crippen molar-refractivity contribution in [3.63, 3.8) is 0 Å². The molecule has 9 heteroatoms. The Kier molecular flexibility index (Phi) is 7.37. The molecule has 1 amide bonds. The SMILES string of the molecule is Cl.Cl.Nc1cccc2c1CCCN2C(=O)CCc1nc(-c2ccccn2)no1. The number of halogens is 2. The van der Waals surface area contributed by atoms with E-state index in [-0.39, 0.29) is 30.7 Å². The molecule has 1 aliphatic heterocycles. The zero-order chi connectivity index (χ0) is 17.9. The van der Waals surface area contributed by atoms with Crippen LogP contribution in [0.25, 0.3) is 11.5 Å². The average molecular weight is 422 g/mol. The van der Waals surface area contributed by atoms with Crippen LogP contribution in [-0.2, 0) is 17.6 Å². The Morgan fingerprint density at radius 2 is 2.04 bits per heavy atom. The highest BCUT2D eigenvalue weighted by Crippen LogP contribution is 2.31. The number of benzene rings is 1. The van der Waals surface area contributed by atoms with Gasteiger partial charge >= 0.3 is 0 Å². The lowest BCUT2D eigenvalue weighted by Gasteiger charge is -2.30. The van der Waals surface area contributed by atoms with Crippen molar-refractivity contribution in [1.82, 2.24) is 15.1 Å². The molecule has 0 saturated heterocycles. The average Bonchev–Trinajstić information content (AvgIpc) is 3.16. The van der Waals surface area contributed by atoms with Gasteiger partial charge in [0.25, 0.3) is 0 Å². The molecule has 0 atom stereocenters. The highest BCUT2D eigenvalue weighted by molar-refractivity contribution is 5.95. The number of aryl methyl sites for hydroxylation is 1. The molecule has 148 valence electrons. The molecular weight excluding hydrogens is 401 g/mol. The molecule has 28 heavy (non-hydrogen) atoms. The van der Waals surface area contributed by atoms with E-state index in [9.17, 15) is 4.79 Å². The van der Waals surface area contributed by atoms with Crippen molar-refractivity contribution in [2.24, 2.45) is 0 Å². The molecule has 0 saturated carbocycles. The van der Waals surface area contributed by atoms with Crippen LogP contribution in [0, 0.1) is 0 Å². The quantitative estimate of drug-likeness (QED) is 0.647. The van der Waals surface area contributed by atoms with Gasteiger partial charge < -0.3 is 15.2 Å². The largest absolute Gasteiger partial charge is 0.398 e. The van der Waals surface area contributed by atoms with Crippen LogP contribution in [0.1, 0.15) is 24.3 Å². The minimum atomic E-state index is 0. The summed E-state index contributed by atoms with van der Waals surface area (Å²) in [4.78, 5) is 23.0. The van der Waals surface area contributed by atoms with Gasteiger partial charge in [0.1, 0.15) is 5.69 Å². The van der Waals surface area contributed by atoms with Gasteiger partial charge in [0.15, 0.2) is 0 Å². The smallest absolute Gasteiger partial charge is 0.227 e. The number of anilines is 2. The number of rotatable bonds is 4. The second kappa shape index (κ2) is 9.52. The number of nitrogens with zero attached hydrogens (tertiary/aromatic N) is 4. The van der Waals surface area contributed by atoms with Crippen LogP contribution >= 0.6 is 24.8 Å². The van der Waals surface area contributed by atoms with Gasteiger partial charge in [-0.2, -0.15) is 4.98 Å². The fourth-order valence-electron chi connectivity index (χ4n) is 3.22. The third-order valence-corrected chi connectivity index (χ3v) is 4.50. The Morgan fingerprint density at radius 3 is 2.82 bits per heavy atom. The second-order valence-electron chi connectivity index (χ2n) is 6.22. The van der Waals surface area contributed by atoms with E-state index >= 15 is 0 Å². The molecule has 1 aromatic carbocycles. The maximum atomic E-state index is 12.7.